The summed E-state index contributed by atoms with van der Waals surface area (Å²) in [6.45, 7) is 0. The lowest BCUT2D eigenvalue weighted by Crippen LogP contribution is -2.10. The number of aromatic nitrogens is 1. The van der Waals surface area contributed by atoms with Gasteiger partial charge in [-0.15, -0.1) is 0 Å². The lowest BCUT2D eigenvalue weighted by atomic mass is 10.0. The summed E-state index contributed by atoms with van der Waals surface area (Å²) in [7, 11) is 0. The van der Waals surface area contributed by atoms with Crippen molar-refractivity contribution in [3.63, 3.8) is 0 Å². The van der Waals surface area contributed by atoms with E-state index in [1.807, 2.05) is 0 Å². The largest absolute Gasteiger partial charge is 0.329 e. The van der Waals surface area contributed by atoms with Gasteiger partial charge in [0, 0.05) is 11.8 Å². The lowest BCUT2D eigenvalue weighted by molar-refractivity contribution is 0.112. The molecule has 1 N–H and O–H groups in total. The maximum atomic E-state index is 12.7. The fourth-order valence-corrected chi connectivity index (χ4v) is 1.51. The lowest BCUT2D eigenvalue weighted by Gasteiger charge is -2.02. The van der Waals surface area contributed by atoms with E-state index in [0.717, 1.165) is 0 Å². The molecule has 0 amide bonds. The fourth-order valence-electron chi connectivity index (χ4n) is 1.51. The van der Waals surface area contributed by atoms with E-state index < -0.39 is 0 Å². The smallest absolute Gasteiger partial charge is 0.256 e. The van der Waals surface area contributed by atoms with Gasteiger partial charge in [0.2, 0.25) is 0 Å². The molecular weight excluding hydrogens is 209 g/mol. The first-order valence-corrected chi connectivity index (χ1v) is 4.65. The Bertz CT molecular complexity index is 572. The second kappa shape index (κ2) is 4.10. The second-order valence-corrected chi connectivity index (χ2v) is 3.26. The number of carbonyl (C=O) groups is 1. The van der Waals surface area contributed by atoms with Crippen molar-refractivity contribution >= 4 is 6.29 Å². The molecule has 1 heterocycles. The molecule has 0 saturated carbocycles. The molecule has 80 valence electrons. The van der Waals surface area contributed by atoms with Gasteiger partial charge >= 0.3 is 0 Å². The molecule has 4 heteroatoms. The van der Waals surface area contributed by atoms with Gasteiger partial charge in [0.15, 0.2) is 6.29 Å². The Morgan fingerprint density at radius 1 is 1.12 bits per heavy atom. The van der Waals surface area contributed by atoms with Gasteiger partial charge in [-0.25, -0.2) is 4.39 Å². The van der Waals surface area contributed by atoms with E-state index in [4.69, 9.17) is 0 Å². The number of nitrogens with one attached hydrogen (secondary N) is 1. The molecule has 0 aliphatic rings. The van der Waals surface area contributed by atoms with Crippen molar-refractivity contribution in [1.82, 2.24) is 4.98 Å². The van der Waals surface area contributed by atoms with Gasteiger partial charge in [-0.3, -0.25) is 9.59 Å². The number of aromatic amines is 1. The van der Waals surface area contributed by atoms with Crippen molar-refractivity contribution in [2.75, 3.05) is 0 Å². The van der Waals surface area contributed by atoms with Gasteiger partial charge in [0.25, 0.3) is 5.56 Å². The zero-order chi connectivity index (χ0) is 11.5. The van der Waals surface area contributed by atoms with Gasteiger partial charge < -0.3 is 4.98 Å². The summed E-state index contributed by atoms with van der Waals surface area (Å²) < 4.78 is 12.7. The Labute approximate surface area is 90.6 Å². The van der Waals surface area contributed by atoms with Crippen molar-refractivity contribution in [1.29, 1.82) is 0 Å². The monoisotopic (exact) mass is 217 g/mol. The molecule has 1 aromatic heterocycles. The van der Waals surface area contributed by atoms with Gasteiger partial charge in [0.05, 0.1) is 5.56 Å². The minimum atomic E-state index is -0.385. The molecular formula is C12H8FNO2. The van der Waals surface area contributed by atoms with Crippen LogP contribution in [0, 0.1) is 5.82 Å². The Hall–Kier alpha value is -2.23. The number of H-pyrrole nitrogens is 1. The molecule has 0 aliphatic heterocycles. The highest BCUT2D eigenvalue weighted by Gasteiger charge is 2.08. The van der Waals surface area contributed by atoms with Crippen molar-refractivity contribution in [3.05, 3.63) is 58.3 Å². The Morgan fingerprint density at radius 3 is 2.44 bits per heavy atom. The molecule has 1 aromatic carbocycles. The number of carbonyl (C=O) groups excluding carboxylic acids is 1. The van der Waals surface area contributed by atoms with Crippen LogP contribution < -0.4 is 5.56 Å². The summed E-state index contributed by atoms with van der Waals surface area (Å²) in [4.78, 5) is 24.8. The van der Waals surface area contributed by atoms with Crippen LogP contribution in [0.5, 0.6) is 0 Å². The number of pyridine rings is 1. The van der Waals surface area contributed by atoms with Crippen molar-refractivity contribution in [2.45, 2.75) is 0 Å². The van der Waals surface area contributed by atoms with Crippen LogP contribution >= 0.6 is 0 Å². The highest BCUT2D eigenvalue weighted by molar-refractivity contribution is 5.86. The predicted octanol–water partition coefficient (Wildman–Crippen LogP) is 1.99. The van der Waals surface area contributed by atoms with E-state index in [-0.39, 0.29) is 22.5 Å². The van der Waals surface area contributed by atoms with Gasteiger partial charge in [-0.2, -0.15) is 0 Å². The standard InChI is InChI=1S/C12H8FNO2/c13-10-3-1-8(2-4-10)11-9(7-15)5-6-14-12(11)16/h1-7H,(H,14,16). The van der Waals surface area contributed by atoms with Gasteiger partial charge in [0.1, 0.15) is 5.82 Å². The maximum Gasteiger partial charge on any atom is 0.256 e. The van der Waals surface area contributed by atoms with Crippen molar-refractivity contribution in [3.8, 4) is 11.1 Å². The summed E-state index contributed by atoms with van der Waals surface area (Å²) in [5.41, 5.74) is 0.703. The zero-order valence-electron chi connectivity index (χ0n) is 8.24. The predicted molar refractivity (Wildman–Crippen MR) is 57.8 cm³/mol. The first-order valence-electron chi connectivity index (χ1n) is 4.65. The van der Waals surface area contributed by atoms with Crippen LogP contribution in [0.15, 0.2) is 41.3 Å². The zero-order valence-corrected chi connectivity index (χ0v) is 8.24. The van der Waals surface area contributed by atoms with E-state index in [9.17, 15) is 14.0 Å². The number of hydrogen-bond donors (Lipinski definition) is 1. The topological polar surface area (TPSA) is 49.9 Å². The first kappa shape index (κ1) is 10.3. The minimum absolute atomic E-state index is 0.262. The molecule has 0 aliphatic carbocycles. The average Bonchev–Trinajstić information content (AvgIpc) is 2.30. The van der Waals surface area contributed by atoms with Crippen LogP contribution in [0.2, 0.25) is 0 Å². The molecule has 0 bridgehead atoms. The number of rotatable bonds is 2. The summed E-state index contributed by atoms with van der Waals surface area (Å²) in [6.07, 6.45) is 2.01. The Kier molecular flexibility index (Phi) is 2.64. The molecule has 0 radical (unpaired) electrons. The van der Waals surface area contributed by atoms with Crippen LogP contribution in [0.3, 0.4) is 0 Å². The third-order valence-corrected chi connectivity index (χ3v) is 2.25. The molecule has 0 saturated heterocycles. The van der Waals surface area contributed by atoms with Crippen LogP contribution in [0.1, 0.15) is 10.4 Å². The SMILES string of the molecule is O=Cc1cc[nH]c(=O)c1-c1ccc(F)cc1. The highest BCUT2D eigenvalue weighted by atomic mass is 19.1. The molecule has 0 atom stereocenters. The molecule has 16 heavy (non-hydrogen) atoms. The van der Waals surface area contributed by atoms with Crippen LogP contribution in [-0.4, -0.2) is 11.3 Å². The Balaban J connectivity index is 2.68. The number of halogens is 1. The second-order valence-electron chi connectivity index (χ2n) is 3.26. The molecule has 0 fully saturated rings. The van der Waals surface area contributed by atoms with E-state index in [1.165, 1.54) is 36.5 Å². The summed E-state index contributed by atoms with van der Waals surface area (Å²) >= 11 is 0. The third-order valence-electron chi connectivity index (χ3n) is 2.25. The van der Waals surface area contributed by atoms with E-state index in [1.54, 1.807) is 0 Å². The molecule has 0 unspecified atom stereocenters. The first-order chi connectivity index (χ1) is 7.72. The fraction of sp³-hybridized carbons (Fsp3) is 0. The van der Waals surface area contributed by atoms with Crippen LogP contribution in [0.25, 0.3) is 11.1 Å². The third kappa shape index (κ3) is 1.77. The number of hydrogen-bond acceptors (Lipinski definition) is 2. The van der Waals surface area contributed by atoms with E-state index >= 15 is 0 Å². The van der Waals surface area contributed by atoms with Gasteiger partial charge in [-0.1, -0.05) is 12.1 Å². The molecule has 3 nitrogen and oxygen atoms in total. The molecule has 2 aromatic rings. The van der Waals surface area contributed by atoms with E-state index in [2.05, 4.69) is 4.98 Å². The maximum absolute atomic E-state index is 12.7. The Morgan fingerprint density at radius 2 is 1.81 bits per heavy atom. The number of aldehydes is 1. The highest BCUT2D eigenvalue weighted by Crippen LogP contribution is 2.18. The minimum Gasteiger partial charge on any atom is -0.329 e. The quantitative estimate of drug-likeness (QED) is 0.782. The van der Waals surface area contributed by atoms with E-state index in [0.29, 0.717) is 11.8 Å². The molecule has 0 spiro atoms. The summed E-state index contributed by atoms with van der Waals surface area (Å²) in [6, 6.07) is 6.93. The van der Waals surface area contributed by atoms with Crippen molar-refractivity contribution in [2.24, 2.45) is 0 Å². The average molecular weight is 217 g/mol. The van der Waals surface area contributed by atoms with Crippen LogP contribution in [0.4, 0.5) is 4.39 Å². The summed E-state index contributed by atoms with van der Waals surface area (Å²) in [5, 5.41) is 0. The number of benzene rings is 1. The molecule has 2 rings (SSSR count). The normalized spacial score (nSPS) is 10.1. The van der Waals surface area contributed by atoms with Crippen molar-refractivity contribution < 1.29 is 9.18 Å². The van der Waals surface area contributed by atoms with Gasteiger partial charge in [-0.05, 0) is 23.8 Å². The van der Waals surface area contributed by atoms with Crippen LogP contribution in [-0.2, 0) is 0 Å². The summed E-state index contributed by atoms with van der Waals surface area (Å²) in [5.74, 6) is -0.385.